The van der Waals surface area contributed by atoms with Crippen LogP contribution >= 0.6 is 66.7 Å². The van der Waals surface area contributed by atoms with Crippen molar-refractivity contribution in [3.8, 4) is 0 Å². The van der Waals surface area contributed by atoms with E-state index in [4.69, 9.17) is 34.8 Å². The molecular formula is C13H6Br2Cl3F. The lowest BCUT2D eigenvalue weighted by Crippen LogP contribution is -1.98. The molecule has 0 nitrogen and oxygen atoms in total. The zero-order valence-electron chi connectivity index (χ0n) is 9.23. The van der Waals surface area contributed by atoms with Gasteiger partial charge in [0, 0.05) is 19.5 Å². The molecule has 2 aromatic carbocycles. The van der Waals surface area contributed by atoms with Crippen molar-refractivity contribution in [3.05, 3.63) is 66.3 Å². The third-order valence-corrected chi connectivity index (χ3v) is 4.85. The number of halogens is 6. The highest BCUT2D eigenvalue weighted by atomic mass is 79.9. The van der Waals surface area contributed by atoms with Gasteiger partial charge < -0.3 is 0 Å². The van der Waals surface area contributed by atoms with Crippen molar-refractivity contribution >= 4 is 66.7 Å². The van der Waals surface area contributed by atoms with E-state index in [1.54, 1.807) is 18.2 Å². The van der Waals surface area contributed by atoms with Crippen molar-refractivity contribution in [2.24, 2.45) is 0 Å². The van der Waals surface area contributed by atoms with Crippen LogP contribution in [-0.2, 0) is 0 Å². The van der Waals surface area contributed by atoms with Crippen LogP contribution in [0.25, 0.3) is 0 Å². The summed E-state index contributed by atoms with van der Waals surface area (Å²) in [5, 5.41) is 0.266. The topological polar surface area (TPSA) is 0 Å². The highest BCUT2D eigenvalue weighted by Gasteiger charge is 2.18. The second-order valence-electron chi connectivity index (χ2n) is 3.85. The van der Waals surface area contributed by atoms with Crippen molar-refractivity contribution in [2.45, 2.75) is 5.38 Å². The Kier molecular flexibility index (Phi) is 5.18. The van der Waals surface area contributed by atoms with Gasteiger partial charge in [-0.1, -0.05) is 39.1 Å². The fraction of sp³-hybridized carbons (Fsp3) is 0.0769. The maximum Gasteiger partial charge on any atom is 0.129 e. The third kappa shape index (κ3) is 3.64. The van der Waals surface area contributed by atoms with Crippen LogP contribution in [0.3, 0.4) is 0 Å². The van der Waals surface area contributed by atoms with Crippen LogP contribution in [0.1, 0.15) is 16.5 Å². The molecule has 0 amide bonds. The van der Waals surface area contributed by atoms with E-state index in [0.717, 1.165) is 4.47 Å². The molecule has 0 saturated carbocycles. The minimum Gasteiger partial charge on any atom is -0.207 e. The first-order valence-corrected chi connectivity index (χ1v) is 7.91. The van der Waals surface area contributed by atoms with Gasteiger partial charge in [0.05, 0.1) is 10.4 Å². The second kappa shape index (κ2) is 6.31. The maximum absolute atomic E-state index is 13.9. The molecule has 19 heavy (non-hydrogen) atoms. The molecule has 0 N–H and O–H groups in total. The van der Waals surface area contributed by atoms with Crippen molar-refractivity contribution < 1.29 is 4.39 Å². The fourth-order valence-corrected chi connectivity index (χ4v) is 3.30. The van der Waals surface area contributed by atoms with Crippen LogP contribution < -0.4 is 0 Å². The normalized spacial score (nSPS) is 12.5. The van der Waals surface area contributed by atoms with Gasteiger partial charge in [0.15, 0.2) is 0 Å². The first kappa shape index (κ1) is 15.6. The lowest BCUT2D eigenvalue weighted by Gasteiger charge is -2.13. The molecule has 0 aliphatic heterocycles. The Bertz CT molecular complexity index is 611. The van der Waals surface area contributed by atoms with Crippen molar-refractivity contribution in [2.75, 3.05) is 0 Å². The standard InChI is InChI=1S/C13H6Br2Cl3F/c14-7-1-6(2-8(16)3-7)13(18)9-4-11(17)10(15)5-12(9)19/h1-5,13H. The third-order valence-electron chi connectivity index (χ3n) is 2.49. The zero-order chi connectivity index (χ0) is 14.2. The summed E-state index contributed by atoms with van der Waals surface area (Å²) in [6.07, 6.45) is 0. The summed E-state index contributed by atoms with van der Waals surface area (Å²) >= 11 is 24.7. The van der Waals surface area contributed by atoms with E-state index < -0.39 is 11.2 Å². The van der Waals surface area contributed by atoms with Crippen LogP contribution in [0.5, 0.6) is 0 Å². The van der Waals surface area contributed by atoms with E-state index in [0.29, 0.717) is 25.6 Å². The van der Waals surface area contributed by atoms with Crippen LogP contribution in [0.4, 0.5) is 4.39 Å². The van der Waals surface area contributed by atoms with E-state index >= 15 is 0 Å². The summed E-state index contributed by atoms with van der Waals surface area (Å²) in [5.74, 6) is -0.424. The molecule has 0 fully saturated rings. The first-order valence-electron chi connectivity index (χ1n) is 5.13. The molecule has 2 rings (SSSR count). The van der Waals surface area contributed by atoms with Gasteiger partial charge >= 0.3 is 0 Å². The summed E-state index contributed by atoms with van der Waals surface area (Å²) < 4.78 is 15.2. The molecule has 6 heteroatoms. The van der Waals surface area contributed by atoms with Gasteiger partial charge in [-0.3, -0.25) is 0 Å². The van der Waals surface area contributed by atoms with Gasteiger partial charge in [-0.2, -0.15) is 0 Å². The summed E-state index contributed by atoms with van der Waals surface area (Å²) in [6.45, 7) is 0. The quantitative estimate of drug-likeness (QED) is 0.344. The lowest BCUT2D eigenvalue weighted by molar-refractivity contribution is 0.611. The Labute approximate surface area is 142 Å². The van der Waals surface area contributed by atoms with Gasteiger partial charge in [-0.15, -0.1) is 11.6 Å². The van der Waals surface area contributed by atoms with Crippen LogP contribution in [0.15, 0.2) is 39.3 Å². The Hall–Kier alpha value is 0.200. The number of hydrogen-bond acceptors (Lipinski definition) is 0. The predicted octanol–water partition coefficient (Wildman–Crippen LogP) is 6.99. The van der Waals surface area contributed by atoms with Gasteiger partial charge in [0.25, 0.3) is 0 Å². The van der Waals surface area contributed by atoms with Gasteiger partial charge in [-0.05, 0) is 51.8 Å². The Balaban J connectivity index is 2.49. The van der Waals surface area contributed by atoms with Crippen LogP contribution in [-0.4, -0.2) is 0 Å². The molecule has 0 spiro atoms. The van der Waals surface area contributed by atoms with E-state index in [-0.39, 0.29) is 0 Å². The van der Waals surface area contributed by atoms with Gasteiger partial charge in [0.1, 0.15) is 5.82 Å². The van der Waals surface area contributed by atoms with Crippen molar-refractivity contribution in [3.63, 3.8) is 0 Å². The van der Waals surface area contributed by atoms with E-state index in [1.807, 2.05) is 0 Å². The van der Waals surface area contributed by atoms with Gasteiger partial charge in [-0.25, -0.2) is 4.39 Å². The molecule has 0 heterocycles. The van der Waals surface area contributed by atoms with E-state index in [9.17, 15) is 4.39 Å². The molecule has 0 bridgehead atoms. The summed E-state index contributed by atoms with van der Waals surface area (Å²) in [4.78, 5) is 0. The molecule has 0 aliphatic rings. The average molecular weight is 447 g/mol. The first-order chi connectivity index (χ1) is 8.88. The Morgan fingerprint density at radius 2 is 1.68 bits per heavy atom. The number of rotatable bonds is 2. The minimum absolute atomic E-state index is 0.309. The fourth-order valence-electron chi connectivity index (χ4n) is 1.63. The zero-order valence-corrected chi connectivity index (χ0v) is 14.7. The van der Waals surface area contributed by atoms with Crippen LogP contribution in [0, 0.1) is 5.82 Å². The molecule has 0 aliphatic carbocycles. The van der Waals surface area contributed by atoms with Crippen LogP contribution in [0.2, 0.25) is 10.0 Å². The Morgan fingerprint density at radius 3 is 2.32 bits per heavy atom. The molecule has 0 saturated heterocycles. The van der Waals surface area contributed by atoms with E-state index in [1.165, 1.54) is 12.1 Å². The monoisotopic (exact) mass is 444 g/mol. The smallest absolute Gasteiger partial charge is 0.129 e. The van der Waals surface area contributed by atoms with Gasteiger partial charge in [0.2, 0.25) is 0 Å². The largest absolute Gasteiger partial charge is 0.207 e. The van der Waals surface area contributed by atoms with Crippen molar-refractivity contribution in [1.29, 1.82) is 0 Å². The van der Waals surface area contributed by atoms with Crippen molar-refractivity contribution in [1.82, 2.24) is 0 Å². The highest BCUT2D eigenvalue weighted by molar-refractivity contribution is 9.10. The minimum atomic E-state index is -0.666. The lowest BCUT2D eigenvalue weighted by atomic mass is 10.0. The molecule has 2 aromatic rings. The molecule has 1 atom stereocenters. The average Bonchev–Trinajstić information content (AvgIpc) is 2.31. The summed E-state index contributed by atoms with van der Waals surface area (Å²) in [5.41, 5.74) is 1.00. The predicted molar refractivity (Wildman–Crippen MR) is 86.0 cm³/mol. The SMILES string of the molecule is Fc1cc(Br)c(Cl)cc1C(Cl)c1cc(Cl)cc(Br)c1. The molecule has 100 valence electrons. The molecular weight excluding hydrogens is 441 g/mol. The number of hydrogen-bond donors (Lipinski definition) is 0. The maximum atomic E-state index is 13.9. The number of benzene rings is 2. The number of alkyl halides is 1. The summed E-state index contributed by atoms with van der Waals surface area (Å²) in [6, 6.07) is 8.03. The molecule has 0 aromatic heterocycles. The summed E-state index contributed by atoms with van der Waals surface area (Å²) in [7, 11) is 0. The van der Waals surface area contributed by atoms with E-state index in [2.05, 4.69) is 31.9 Å². The Morgan fingerprint density at radius 1 is 1.00 bits per heavy atom. The second-order valence-corrected chi connectivity index (χ2v) is 6.90. The molecule has 1 unspecified atom stereocenters. The highest BCUT2D eigenvalue weighted by Crippen LogP contribution is 2.37. The molecule has 0 radical (unpaired) electrons.